The van der Waals surface area contributed by atoms with Crippen LogP contribution in [0, 0.1) is 28.6 Å². The summed E-state index contributed by atoms with van der Waals surface area (Å²) in [6.07, 6.45) is 10.7. The van der Waals surface area contributed by atoms with E-state index >= 15 is 0 Å². The molecule has 0 spiro atoms. The fourth-order valence-corrected chi connectivity index (χ4v) is 6.97. The van der Waals surface area contributed by atoms with E-state index in [2.05, 4.69) is 19.2 Å². The summed E-state index contributed by atoms with van der Waals surface area (Å²) in [7, 11) is 0. The highest BCUT2D eigenvalue weighted by Crippen LogP contribution is 2.65. The summed E-state index contributed by atoms with van der Waals surface area (Å²) in [5, 5.41) is 3.03. The number of ketones is 1. The standard InChI is InChI=1S/C20H30N2O2/c1-19-9-7-13(23)11-12(19)3-4-14-15-5-6-17(22-18(21)24)20(15,2)10-8-16(14)19/h11,14-17H,3-10H2,1-2H3,(H3,21,22,24)/t14-,15-,16-,17?,19-,20-/m0/s1. The third-order valence-corrected chi connectivity index (χ3v) is 8.28. The Hall–Kier alpha value is -1.32. The molecule has 1 unspecified atom stereocenters. The first-order valence-electron chi connectivity index (χ1n) is 9.64. The average Bonchev–Trinajstić information content (AvgIpc) is 2.84. The molecule has 3 N–H and O–H groups in total. The van der Waals surface area contributed by atoms with Crippen LogP contribution in [-0.4, -0.2) is 17.9 Å². The van der Waals surface area contributed by atoms with E-state index in [4.69, 9.17) is 5.73 Å². The molecule has 4 aliphatic rings. The summed E-state index contributed by atoms with van der Waals surface area (Å²) in [6, 6.07) is -0.144. The molecule has 3 fully saturated rings. The van der Waals surface area contributed by atoms with Gasteiger partial charge >= 0.3 is 6.03 Å². The highest BCUT2D eigenvalue weighted by molar-refractivity contribution is 5.91. The molecule has 0 saturated heterocycles. The quantitative estimate of drug-likeness (QED) is 0.771. The van der Waals surface area contributed by atoms with Gasteiger partial charge in [-0.1, -0.05) is 19.4 Å². The number of allylic oxidation sites excluding steroid dienone is 1. The van der Waals surface area contributed by atoms with Crippen LogP contribution in [-0.2, 0) is 4.79 Å². The molecule has 0 bridgehead atoms. The number of fused-ring (bicyclic) bond motifs is 5. The van der Waals surface area contributed by atoms with Crippen molar-refractivity contribution >= 4 is 11.8 Å². The van der Waals surface area contributed by atoms with E-state index in [0.717, 1.165) is 31.6 Å². The number of primary amides is 1. The van der Waals surface area contributed by atoms with Gasteiger partial charge in [-0.15, -0.1) is 0 Å². The number of amides is 2. The van der Waals surface area contributed by atoms with Crippen LogP contribution in [0.3, 0.4) is 0 Å². The van der Waals surface area contributed by atoms with Crippen molar-refractivity contribution in [2.24, 2.45) is 34.3 Å². The maximum atomic E-state index is 11.9. The maximum absolute atomic E-state index is 11.9. The van der Waals surface area contributed by atoms with E-state index < -0.39 is 0 Å². The molecule has 4 nitrogen and oxygen atoms in total. The summed E-state index contributed by atoms with van der Waals surface area (Å²) < 4.78 is 0. The topological polar surface area (TPSA) is 72.2 Å². The second-order valence-electron chi connectivity index (χ2n) is 9.15. The van der Waals surface area contributed by atoms with Gasteiger partial charge in [-0.3, -0.25) is 4.79 Å². The van der Waals surface area contributed by atoms with Crippen LogP contribution < -0.4 is 11.1 Å². The lowest BCUT2D eigenvalue weighted by Gasteiger charge is -2.58. The van der Waals surface area contributed by atoms with E-state index in [9.17, 15) is 9.59 Å². The third kappa shape index (κ3) is 2.18. The minimum absolute atomic E-state index is 0.193. The van der Waals surface area contributed by atoms with Crippen molar-refractivity contribution < 1.29 is 9.59 Å². The van der Waals surface area contributed by atoms with E-state index in [-0.39, 0.29) is 22.9 Å². The lowest BCUT2D eigenvalue weighted by Crippen LogP contribution is -2.54. The van der Waals surface area contributed by atoms with Crippen LogP contribution in [0.5, 0.6) is 0 Å². The van der Waals surface area contributed by atoms with Gasteiger partial charge in [0.2, 0.25) is 0 Å². The molecule has 3 saturated carbocycles. The second kappa shape index (κ2) is 5.34. The highest BCUT2D eigenvalue weighted by atomic mass is 16.2. The van der Waals surface area contributed by atoms with Gasteiger partial charge in [0.15, 0.2) is 5.78 Å². The first-order chi connectivity index (χ1) is 11.3. The minimum Gasteiger partial charge on any atom is -0.352 e. The maximum Gasteiger partial charge on any atom is 0.312 e. The van der Waals surface area contributed by atoms with Crippen LogP contribution in [0.1, 0.15) is 65.2 Å². The number of rotatable bonds is 1. The number of carbonyl (C=O) groups is 2. The summed E-state index contributed by atoms with van der Waals surface area (Å²) in [4.78, 5) is 23.3. The summed E-state index contributed by atoms with van der Waals surface area (Å²) in [5.41, 5.74) is 7.26. The van der Waals surface area contributed by atoms with Crippen LogP contribution >= 0.6 is 0 Å². The lowest BCUT2D eigenvalue weighted by atomic mass is 9.47. The van der Waals surface area contributed by atoms with Crippen LogP contribution in [0.2, 0.25) is 0 Å². The Bertz CT molecular complexity index is 613. The van der Waals surface area contributed by atoms with Crippen molar-refractivity contribution in [1.29, 1.82) is 0 Å². The lowest BCUT2D eigenvalue weighted by molar-refractivity contribution is -0.117. The molecule has 4 heteroatoms. The van der Waals surface area contributed by atoms with Crippen molar-refractivity contribution in [3.63, 3.8) is 0 Å². The summed E-state index contributed by atoms with van der Waals surface area (Å²) >= 11 is 0. The van der Waals surface area contributed by atoms with Crippen molar-refractivity contribution in [2.45, 2.75) is 71.3 Å². The molecule has 0 heterocycles. The Labute approximate surface area is 144 Å². The number of hydrogen-bond acceptors (Lipinski definition) is 2. The Morgan fingerprint density at radius 1 is 1.12 bits per heavy atom. The zero-order valence-electron chi connectivity index (χ0n) is 14.9. The number of carbonyl (C=O) groups excluding carboxylic acids is 2. The van der Waals surface area contributed by atoms with Gasteiger partial charge in [0, 0.05) is 12.5 Å². The largest absolute Gasteiger partial charge is 0.352 e. The van der Waals surface area contributed by atoms with Gasteiger partial charge < -0.3 is 11.1 Å². The van der Waals surface area contributed by atoms with Crippen LogP contribution in [0.4, 0.5) is 4.79 Å². The smallest absolute Gasteiger partial charge is 0.312 e. The molecular weight excluding hydrogens is 300 g/mol. The van der Waals surface area contributed by atoms with Crippen molar-refractivity contribution in [2.75, 3.05) is 0 Å². The first-order valence-corrected chi connectivity index (χ1v) is 9.64. The summed E-state index contributed by atoms with van der Waals surface area (Å²) in [5.74, 6) is 2.45. The second-order valence-corrected chi connectivity index (χ2v) is 9.15. The molecule has 4 rings (SSSR count). The Morgan fingerprint density at radius 3 is 2.67 bits per heavy atom. The highest BCUT2D eigenvalue weighted by Gasteiger charge is 2.59. The molecule has 4 aliphatic carbocycles. The van der Waals surface area contributed by atoms with Crippen molar-refractivity contribution in [3.05, 3.63) is 11.6 Å². The van der Waals surface area contributed by atoms with Gasteiger partial charge in [-0.05, 0) is 79.6 Å². The fraction of sp³-hybridized carbons (Fsp3) is 0.800. The Kier molecular flexibility index (Phi) is 3.59. The van der Waals surface area contributed by atoms with Gasteiger partial charge in [-0.25, -0.2) is 4.79 Å². The predicted octanol–water partition coefficient (Wildman–Crippen LogP) is 3.56. The monoisotopic (exact) mass is 330 g/mol. The molecule has 0 aromatic carbocycles. The molecular formula is C20H30N2O2. The number of nitrogens with one attached hydrogen (secondary N) is 1. The molecule has 0 aromatic heterocycles. The van der Waals surface area contributed by atoms with Crippen LogP contribution in [0.15, 0.2) is 11.6 Å². The molecule has 0 aromatic rings. The number of hydrogen-bond donors (Lipinski definition) is 2. The van der Waals surface area contributed by atoms with E-state index in [0.29, 0.717) is 17.6 Å². The number of urea groups is 1. The first kappa shape index (κ1) is 16.2. The molecule has 0 aliphatic heterocycles. The molecule has 24 heavy (non-hydrogen) atoms. The minimum atomic E-state index is -0.379. The third-order valence-electron chi connectivity index (χ3n) is 8.28. The molecule has 6 atom stereocenters. The van der Waals surface area contributed by atoms with Gasteiger partial charge in [-0.2, -0.15) is 0 Å². The molecule has 132 valence electrons. The van der Waals surface area contributed by atoms with E-state index in [1.165, 1.54) is 31.3 Å². The predicted molar refractivity (Wildman–Crippen MR) is 93.2 cm³/mol. The van der Waals surface area contributed by atoms with Crippen molar-refractivity contribution in [1.82, 2.24) is 5.32 Å². The SMILES string of the molecule is C[C@]12CCC(=O)C=C1CC[C@@H]1[C@@H]2CC[C@]2(C)C(NC(N)=O)CC[C@@H]12. The molecule has 0 radical (unpaired) electrons. The van der Waals surface area contributed by atoms with E-state index in [1.807, 2.05) is 6.08 Å². The fourth-order valence-electron chi connectivity index (χ4n) is 6.97. The van der Waals surface area contributed by atoms with Gasteiger partial charge in [0.05, 0.1) is 0 Å². The summed E-state index contributed by atoms with van der Waals surface area (Å²) in [6.45, 7) is 4.79. The van der Waals surface area contributed by atoms with Gasteiger partial charge in [0.1, 0.15) is 0 Å². The zero-order chi connectivity index (χ0) is 17.1. The Morgan fingerprint density at radius 2 is 1.92 bits per heavy atom. The molecule has 2 amide bonds. The van der Waals surface area contributed by atoms with Gasteiger partial charge in [0.25, 0.3) is 0 Å². The Balaban J connectivity index is 1.62. The number of nitrogens with two attached hydrogens (primary N) is 1. The zero-order valence-corrected chi connectivity index (χ0v) is 14.9. The van der Waals surface area contributed by atoms with E-state index in [1.54, 1.807) is 0 Å². The van der Waals surface area contributed by atoms with Crippen LogP contribution in [0.25, 0.3) is 0 Å². The van der Waals surface area contributed by atoms with Crippen molar-refractivity contribution in [3.8, 4) is 0 Å². The normalized spacial score (nSPS) is 47.2. The average molecular weight is 330 g/mol.